The summed E-state index contributed by atoms with van der Waals surface area (Å²) in [6.07, 6.45) is 6.07. The van der Waals surface area contributed by atoms with Gasteiger partial charge >= 0.3 is 0 Å². The SMILES string of the molecule is Cc1nc(CC2CCCCC(=O)C2)sc1C. The molecule has 0 saturated heterocycles. The van der Waals surface area contributed by atoms with Crippen LogP contribution in [0.1, 0.15) is 47.7 Å². The molecule has 1 aliphatic carbocycles. The molecule has 1 aromatic heterocycles. The lowest BCUT2D eigenvalue weighted by atomic mass is 9.97. The highest BCUT2D eigenvalue weighted by atomic mass is 32.1. The van der Waals surface area contributed by atoms with Crippen LogP contribution in [-0.4, -0.2) is 10.8 Å². The van der Waals surface area contributed by atoms with Gasteiger partial charge in [0.1, 0.15) is 5.78 Å². The molecule has 1 aliphatic rings. The lowest BCUT2D eigenvalue weighted by Gasteiger charge is -2.10. The van der Waals surface area contributed by atoms with Crippen molar-refractivity contribution in [2.75, 3.05) is 0 Å². The summed E-state index contributed by atoms with van der Waals surface area (Å²) < 4.78 is 0. The van der Waals surface area contributed by atoms with E-state index in [-0.39, 0.29) is 0 Å². The number of aryl methyl sites for hydroxylation is 2. The molecule has 0 N–H and O–H groups in total. The van der Waals surface area contributed by atoms with Crippen molar-refractivity contribution in [2.45, 2.75) is 52.4 Å². The number of thiazole rings is 1. The van der Waals surface area contributed by atoms with E-state index in [4.69, 9.17) is 0 Å². The molecule has 1 atom stereocenters. The maximum absolute atomic E-state index is 11.5. The molecule has 0 aromatic carbocycles. The fourth-order valence-electron chi connectivity index (χ4n) is 2.33. The van der Waals surface area contributed by atoms with Crippen LogP contribution in [0.4, 0.5) is 0 Å². The number of ketones is 1. The van der Waals surface area contributed by atoms with Gasteiger partial charge in [0.15, 0.2) is 0 Å². The highest BCUT2D eigenvalue weighted by Gasteiger charge is 2.19. The Morgan fingerprint density at radius 1 is 1.38 bits per heavy atom. The van der Waals surface area contributed by atoms with Gasteiger partial charge in [-0.25, -0.2) is 4.98 Å². The molecule has 0 spiro atoms. The van der Waals surface area contributed by atoms with Gasteiger partial charge in [-0.3, -0.25) is 4.79 Å². The molecule has 1 aromatic rings. The largest absolute Gasteiger partial charge is 0.300 e. The first-order valence-electron chi connectivity index (χ1n) is 6.09. The zero-order valence-corrected chi connectivity index (χ0v) is 10.9. The lowest BCUT2D eigenvalue weighted by Crippen LogP contribution is -2.08. The third-order valence-corrected chi connectivity index (χ3v) is 4.47. The van der Waals surface area contributed by atoms with Crippen molar-refractivity contribution in [1.82, 2.24) is 4.98 Å². The molecule has 88 valence electrons. The van der Waals surface area contributed by atoms with Crippen molar-refractivity contribution in [3.63, 3.8) is 0 Å². The zero-order valence-electron chi connectivity index (χ0n) is 10.1. The van der Waals surface area contributed by atoms with E-state index >= 15 is 0 Å². The van der Waals surface area contributed by atoms with Crippen molar-refractivity contribution in [2.24, 2.45) is 5.92 Å². The number of carbonyl (C=O) groups is 1. The Morgan fingerprint density at radius 2 is 2.19 bits per heavy atom. The number of Topliss-reactive ketones (excluding diaryl/α,β-unsaturated/α-hetero) is 1. The van der Waals surface area contributed by atoms with E-state index in [1.54, 1.807) is 11.3 Å². The Balaban J connectivity index is 2.00. The second-order valence-corrected chi connectivity index (χ2v) is 6.10. The van der Waals surface area contributed by atoms with Gasteiger partial charge < -0.3 is 0 Å². The van der Waals surface area contributed by atoms with Crippen LogP contribution in [0.3, 0.4) is 0 Å². The van der Waals surface area contributed by atoms with Gasteiger partial charge in [-0.1, -0.05) is 6.42 Å². The number of carbonyl (C=O) groups excluding carboxylic acids is 1. The lowest BCUT2D eigenvalue weighted by molar-refractivity contribution is -0.119. The maximum Gasteiger partial charge on any atom is 0.133 e. The van der Waals surface area contributed by atoms with E-state index in [0.29, 0.717) is 11.7 Å². The second-order valence-electron chi connectivity index (χ2n) is 4.81. The summed E-state index contributed by atoms with van der Waals surface area (Å²) in [7, 11) is 0. The molecule has 2 nitrogen and oxygen atoms in total. The molecule has 1 fully saturated rings. The van der Waals surface area contributed by atoms with Crippen molar-refractivity contribution in [3.8, 4) is 0 Å². The standard InChI is InChI=1S/C13H19NOS/c1-9-10(2)16-13(14-9)8-11-5-3-4-6-12(15)7-11/h11H,3-8H2,1-2H3. The van der Waals surface area contributed by atoms with Gasteiger partial charge in [-0.05, 0) is 32.6 Å². The minimum absolute atomic E-state index is 0.451. The normalized spacial score (nSPS) is 22.1. The Bertz CT molecular complexity index is 364. The monoisotopic (exact) mass is 237 g/mol. The summed E-state index contributed by atoms with van der Waals surface area (Å²) in [6, 6.07) is 0. The Labute approximate surface area is 101 Å². The van der Waals surface area contributed by atoms with Gasteiger partial charge in [0.05, 0.1) is 10.7 Å². The van der Waals surface area contributed by atoms with Crippen molar-refractivity contribution >= 4 is 17.1 Å². The molecule has 16 heavy (non-hydrogen) atoms. The number of hydrogen-bond donors (Lipinski definition) is 0. The van der Waals surface area contributed by atoms with E-state index < -0.39 is 0 Å². The Kier molecular flexibility index (Phi) is 3.74. The third-order valence-electron chi connectivity index (χ3n) is 3.37. The quantitative estimate of drug-likeness (QED) is 0.737. The number of rotatable bonds is 2. The minimum atomic E-state index is 0.451. The van der Waals surface area contributed by atoms with Crippen LogP contribution in [0.25, 0.3) is 0 Å². The zero-order chi connectivity index (χ0) is 11.5. The number of nitrogens with zero attached hydrogens (tertiary/aromatic N) is 1. The summed E-state index contributed by atoms with van der Waals surface area (Å²) in [4.78, 5) is 17.4. The summed E-state index contributed by atoms with van der Waals surface area (Å²) >= 11 is 1.79. The number of hydrogen-bond acceptors (Lipinski definition) is 3. The molecular formula is C13H19NOS. The first kappa shape index (κ1) is 11.8. The molecule has 0 bridgehead atoms. The summed E-state index contributed by atoms with van der Waals surface area (Å²) in [5.41, 5.74) is 1.15. The van der Waals surface area contributed by atoms with Crippen molar-refractivity contribution < 1.29 is 4.79 Å². The Hall–Kier alpha value is -0.700. The van der Waals surface area contributed by atoms with Gasteiger partial charge in [0.25, 0.3) is 0 Å². The molecule has 0 radical (unpaired) electrons. The van der Waals surface area contributed by atoms with Crippen LogP contribution in [0.15, 0.2) is 0 Å². The van der Waals surface area contributed by atoms with Gasteiger partial charge in [0.2, 0.25) is 0 Å². The molecular weight excluding hydrogens is 218 g/mol. The minimum Gasteiger partial charge on any atom is -0.300 e. The number of aromatic nitrogens is 1. The third kappa shape index (κ3) is 2.91. The average Bonchev–Trinajstić information content (AvgIpc) is 2.43. The van der Waals surface area contributed by atoms with Crippen LogP contribution in [0.5, 0.6) is 0 Å². The van der Waals surface area contributed by atoms with Crippen molar-refractivity contribution in [3.05, 3.63) is 15.6 Å². The van der Waals surface area contributed by atoms with Crippen LogP contribution >= 0.6 is 11.3 Å². The van der Waals surface area contributed by atoms with Crippen molar-refractivity contribution in [1.29, 1.82) is 0 Å². The molecule has 2 rings (SSSR count). The van der Waals surface area contributed by atoms with E-state index in [1.807, 2.05) is 0 Å². The van der Waals surface area contributed by atoms with Gasteiger partial charge in [-0.2, -0.15) is 0 Å². The first-order chi connectivity index (χ1) is 7.65. The van der Waals surface area contributed by atoms with E-state index in [2.05, 4.69) is 18.8 Å². The second kappa shape index (κ2) is 5.09. The predicted octanol–water partition coefficient (Wildman–Crippen LogP) is 3.45. The summed E-state index contributed by atoms with van der Waals surface area (Å²) in [5, 5.41) is 1.22. The molecule has 3 heteroatoms. The van der Waals surface area contributed by atoms with E-state index in [0.717, 1.165) is 31.4 Å². The van der Waals surface area contributed by atoms with E-state index in [1.165, 1.54) is 22.7 Å². The molecule has 1 heterocycles. The molecule has 1 unspecified atom stereocenters. The van der Waals surface area contributed by atoms with Gasteiger partial charge in [0, 0.05) is 24.1 Å². The fourth-order valence-corrected chi connectivity index (χ4v) is 3.38. The van der Waals surface area contributed by atoms with Crippen LogP contribution in [0, 0.1) is 19.8 Å². The highest BCUT2D eigenvalue weighted by molar-refractivity contribution is 7.11. The predicted molar refractivity (Wildman–Crippen MR) is 66.9 cm³/mol. The van der Waals surface area contributed by atoms with Gasteiger partial charge in [-0.15, -0.1) is 11.3 Å². The fraction of sp³-hybridized carbons (Fsp3) is 0.692. The summed E-state index contributed by atoms with van der Waals surface area (Å²) in [6.45, 7) is 4.18. The van der Waals surface area contributed by atoms with Crippen LogP contribution < -0.4 is 0 Å². The average molecular weight is 237 g/mol. The highest BCUT2D eigenvalue weighted by Crippen LogP contribution is 2.26. The smallest absolute Gasteiger partial charge is 0.133 e. The molecule has 0 aliphatic heterocycles. The molecule has 0 amide bonds. The maximum atomic E-state index is 11.5. The topological polar surface area (TPSA) is 30.0 Å². The first-order valence-corrected chi connectivity index (χ1v) is 6.91. The molecule has 1 saturated carbocycles. The Morgan fingerprint density at radius 3 is 2.88 bits per heavy atom. The van der Waals surface area contributed by atoms with E-state index in [9.17, 15) is 4.79 Å². The van der Waals surface area contributed by atoms with Crippen LogP contribution in [-0.2, 0) is 11.2 Å². The summed E-state index contributed by atoms with van der Waals surface area (Å²) in [5.74, 6) is 0.993. The van der Waals surface area contributed by atoms with Crippen LogP contribution in [0.2, 0.25) is 0 Å².